The zero-order chi connectivity index (χ0) is 18.1. The van der Waals surface area contributed by atoms with Crippen LogP contribution in [0.2, 0.25) is 0 Å². The predicted octanol–water partition coefficient (Wildman–Crippen LogP) is 3.67. The molecule has 2 heterocycles. The molecule has 5 heteroatoms. The highest BCUT2D eigenvalue weighted by atomic mass is 16.5. The third kappa shape index (κ3) is 2.95. The number of piperidine rings is 1. The largest absolute Gasteiger partial charge is 0.497 e. The van der Waals surface area contributed by atoms with Crippen LogP contribution >= 0.6 is 0 Å². The van der Waals surface area contributed by atoms with E-state index in [0.29, 0.717) is 30.2 Å². The van der Waals surface area contributed by atoms with E-state index >= 15 is 0 Å². The molecule has 5 nitrogen and oxygen atoms in total. The van der Waals surface area contributed by atoms with E-state index in [1.165, 1.54) is 0 Å². The fourth-order valence-electron chi connectivity index (χ4n) is 3.49. The highest BCUT2D eigenvalue weighted by molar-refractivity contribution is 6.08. The third-order valence-corrected chi connectivity index (χ3v) is 4.98. The van der Waals surface area contributed by atoms with Gasteiger partial charge in [-0.15, -0.1) is 0 Å². The van der Waals surface area contributed by atoms with Gasteiger partial charge in [-0.2, -0.15) is 0 Å². The molecule has 1 fully saturated rings. The van der Waals surface area contributed by atoms with Crippen molar-refractivity contribution >= 4 is 16.9 Å². The number of carbonyl (C=O) groups is 1. The summed E-state index contributed by atoms with van der Waals surface area (Å²) >= 11 is 0. The van der Waals surface area contributed by atoms with Gasteiger partial charge in [0.2, 0.25) is 5.76 Å². The number of nitrogens with zero attached hydrogens (tertiary/aromatic N) is 1. The predicted molar refractivity (Wildman–Crippen MR) is 101 cm³/mol. The van der Waals surface area contributed by atoms with E-state index in [2.05, 4.69) is 0 Å². The van der Waals surface area contributed by atoms with Crippen molar-refractivity contribution in [2.75, 3.05) is 20.2 Å². The maximum atomic E-state index is 13.2. The Labute approximate surface area is 152 Å². The molecular formula is C21H22N2O3. The summed E-state index contributed by atoms with van der Waals surface area (Å²) in [7, 11) is 1.62. The van der Waals surface area contributed by atoms with Gasteiger partial charge in [0.05, 0.1) is 7.11 Å². The van der Waals surface area contributed by atoms with Gasteiger partial charge in [0.15, 0.2) is 0 Å². The highest BCUT2D eigenvalue weighted by Gasteiger charge is 2.28. The van der Waals surface area contributed by atoms with Crippen molar-refractivity contribution in [1.29, 1.82) is 0 Å². The molecule has 0 bridgehead atoms. The maximum absolute atomic E-state index is 13.2. The summed E-state index contributed by atoms with van der Waals surface area (Å²) in [6, 6.07) is 15.7. The molecule has 0 spiro atoms. The first-order valence-corrected chi connectivity index (χ1v) is 8.88. The number of fused-ring (bicyclic) bond motifs is 1. The lowest BCUT2D eigenvalue weighted by molar-refractivity contribution is 0.0686. The Morgan fingerprint density at radius 1 is 1.15 bits per heavy atom. The van der Waals surface area contributed by atoms with Crippen LogP contribution in [-0.4, -0.2) is 37.0 Å². The normalized spacial score (nSPS) is 15.4. The molecule has 0 unspecified atom stereocenters. The lowest BCUT2D eigenvalue weighted by Gasteiger charge is -2.29. The third-order valence-electron chi connectivity index (χ3n) is 4.98. The number of carbonyl (C=O) groups excluding carboxylic acids is 1. The summed E-state index contributed by atoms with van der Waals surface area (Å²) in [5.41, 5.74) is 8.43. The van der Waals surface area contributed by atoms with Crippen molar-refractivity contribution in [2.24, 2.45) is 5.73 Å². The Morgan fingerprint density at radius 2 is 1.88 bits per heavy atom. The second-order valence-corrected chi connectivity index (χ2v) is 6.66. The number of nitrogens with two attached hydrogens (primary N) is 1. The molecule has 2 N–H and O–H groups in total. The smallest absolute Gasteiger partial charge is 0.290 e. The van der Waals surface area contributed by atoms with Crippen LogP contribution in [-0.2, 0) is 0 Å². The molecule has 3 aromatic rings. The Balaban J connectivity index is 1.83. The number of benzene rings is 2. The maximum Gasteiger partial charge on any atom is 0.290 e. The van der Waals surface area contributed by atoms with Gasteiger partial charge < -0.3 is 19.8 Å². The fraction of sp³-hybridized carbons (Fsp3) is 0.286. The lowest BCUT2D eigenvalue weighted by atomic mass is 10.0. The monoisotopic (exact) mass is 350 g/mol. The van der Waals surface area contributed by atoms with Crippen LogP contribution in [0.3, 0.4) is 0 Å². The van der Waals surface area contributed by atoms with E-state index in [1.54, 1.807) is 7.11 Å². The van der Waals surface area contributed by atoms with Crippen molar-refractivity contribution < 1.29 is 13.9 Å². The van der Waals surface area contributed by atoms with Gasteiger partial charge in [0.25, 0.3) is 5.91 Å². The van der Waals surface area contributed by atoms with E-state index in [9.17, 15) is 4.79 Å². The topological polar surface area (TPSA) is 68.7 Å². The van der Waals surface area contributed by atoms with E-state index in [-0.39, 0.29) is 11.9 Å². The number of hydrogen-bond donors (Lipinski definition) is 1. The van der Waals surface area contributed by atoms with E-state index in [4.69, 9.17) is 14.9 Å². The summed E-state index contributed by atoms with van der Waals surface area (Å²) in [6.45, 7) is 1.32. The average Bonchev–Trinajstić information content (AvgIpc) is 3.07. The van der Waals surface area contributed by atoms with Gasteiger partial charge in [-0.05, 0) is 30.5 Å². The van der Waals surface area contributed by atoms with Crippen molar-refractivity contribution in [3.8, 4) is 16.9 Å². The molecular weight excluding hydrogens is 328 g/mol. The molecule has 4 rings (SSSR count). The lowest BCUT2D eigenvalue weighted by Crippen LogP contribution is -2.42. The van der Waals surface area contributed by atoms with Crippen molar-refractivity contribution in [1.82, 2.24) is 4.90 Å². The first-order valence-electron chi connectivity index (χ1n) is 8.88. The molecule has 1 aromatic heterocycles. The number of ether oxygens (including phenoxy) is 1. The number of amides is 1. The zero-order valence-corrected chi connectivity index (χ0v) is 14.8. The van der Waals surface area contributed by atoms with Gasteiger partial charge >= 0.3 is 0 Å². The van der Waals surface area contributed by atoms with E-state index in [0.717, 1.165) is 29.4 Å². The van der Waals surface area contributed by atoms with Crippen LogP contribution in [0, 0.1) is 0 Å². The van der Waals surface area contributed by atoms with Crippen LogP contribution < -0.4 is 10.5 Å². The Kier molecular flexibility index (Phi) is 4.39. The molecule has 1 amide bonds. The van der Waals surface area contributed by atoms with Crippen LogP contribution in [0.5, 0.6) is 5.75 Å². The second kappa shape index (κ2) is 6.84. The minimum atomic E-state index is -0.0779. The van der Waals surface area contributed by atoms with Crippen molar-refractivity contribution in [3.05, 3.63) is 54.3 Å². The van der Waals surface area contributed by atoms with Gasteiger partial charge in [-0.3, -0.25) is 4.79 Å². The summed E-state index contributed by atoms with van der Waals surface area (Å²) in [5, 5.41) is 0.911. The molecule has 0 radical (unpaired) electrons. The van der Waals surface area contributed by atoms with Gasteiger partial charge in [0, 0.05) is 36.1 Å². The molecule has 1 aliphatic heterocycles. The van der Waals surface area contributed by atoms with E-state index in [1.807, 2.05) is 53.4 Å². The number of methoxy groups -OCH3 is 1. The van der Waals surface area contributed by atoms with Gasteiger partial charge in [-0.1, -0.05) is 30.3 Å². The fourth-order valence-corrected chi connectivity index (χ4v) is 3.49. The zero-order valence-electron chi connectivity index (χ0n) is 14.8. The average molecular weight is 350 g/mol. The van der Waals surface area contributed by atoms with Crippen LogP contribution in [0.1, 0.15) is 23.4 Å². The Hall–Kier alpha value is -2.79. The molecule has 26 heavy (non-hydrogen) atoms. The van der Waals surface area contributed by atoms with Crippen molar-refractivity contribution in [2.45, 2.75) is 18.9 Å². The van der Waals surface area contributed by atoms with Crippen LogP contribution in [0.25, 0.3) is 22.1 Å². The summed E-state index contributed by atoms with van der Waals surface area (Å²) in [4.78, 5) is 15.0. The number of hydrogen-bond acceptors (Lipinski definition) is 4. The Morgan fingerprint density at radius 3 is 2.58 bits per heavy atom. The molecule has 2 aromatic carbocycles. The Bertz CT molecular complexity index is 925. The SMILES string of the molecule is COc1ccc2c(-c3ccccc3)c(C(=O)N3CCC(N)CC3)oc2c1. The first-order chi connectivity index (χ1) is 12.7. The highest BCUT2D eigenvalue weighted by Crippen LogP contribution is 2.37. The minimum absolute atomic E-state index is 0.0779. The molecule has 134 valence electrons. The first kappa shape index (κ1) is 16.7. The van der Waals surface area contributed by atoms with Gasteiger partial charge in [-0.25, -0.2) is 0 Å². The molecule has 0 aliphatic carbocycles. The summed E-state index contributed by atoms with van der Waals surface area (Å²) in [5.74, 6) is 1.01. The number of likely N-dealkylation sites (tertiary alicyclic amines) is 1. The standard InChI is InChI=1S/C21H22N2O3/c1-25-16-7-8-17-18(13-16)26-20(19(17)14-5-3-2-4-6-14)21(24)23-11-9-15(22)10-12-23/h2-8,13,15H,9-12,22H2,1H3. The molecule has 0 saturated carbocycles. The van der Waals surface area contributed by atoms with Crippen LogP contribution in [0.15, 0.2) is 52.9 Å². The van der Waals surface area contributed by atoms with Crippen molar-refractivity contribution in [3.63, 3.8) is 0 Å². The molecule has 0 atom stereocenters. The minimum Gasteiger partial charge on any atom is -0.497 e. The number of rotatable bonds is 3. The molecule has 1 saturated heterocycles. The van der Waals surface area contributed by atoms with E-state index < -0.39 is 0 Å². The summed E-state index contributed by atoms with van der Waals surface area (Å²) in [6.07, 6.45) is 1.64. The van der Waals surface area contributed by atoms with Crippen LogP contribution in [0.4, 0.5) is 0 Å². The quantitative estimate of drug-likeness (QED) is 0.782. The summed E-state index contributed by atoms with van der Waals surface area (Å²) < 4.78 is 11.3. The number of furan rings is 1. The van der Waals surface area contributed by atoms with Gasteiger partial charge in [0.1, 0.15) is 11.3 Å². The second-order valence-electron chi connectivity index (χ2n) is 6.66. The molecule has 1 aliphatic rings.